The molecule has 0 bridgehead atoms. The summed E-state index contributed by atoms with van der Waals surface area (Å²) in [6.07, 6.45) is 0. The Morgan fingerprint density at radius 2 is 0.776 bits per heavy atom. The van der Waals surface area contributed by atoms with Crippen LogP contribution < -0.4 is 9.47 Å². The number of hydrogen-bond donors (Lipinski definition) is 0. The van der Waals surface area contributed by atoms with Crippen LogP contribution in [0.3, 0.4) is 0 Å². The highest BCUT2D eigenvalue weighted by Gasteiger charge is 2.63. The number of halogens is 9. The van der Waals surface area contributed by atoms with Gasteiger partial charge in [-0.2, -0.15) is 39.5 Å². The number of ether oxygens (including phenoxy) is 2. The molecule has 0 aliphatic carbocycles. The first kappa shape index (κ1) is 41.3. The van der Waals surface area contributed by atoms with Crippen LogP contribution in [0.2, 0.25) is 0 Å². The van der Waals surface area contributed by atoms with Crippen LogP contribution in [-0.4, -0.2) is 53.7 Å². The van der Waals surface area contributed by atoms with Gasteiger partial charge in [-0.25, -0.2) is 0 Å². The molecule has 23 heteroatoms. The number of benzene rings is 3. The summed E-state index contributed by atoms with van der Waals surface area (Å²) in [5, 5.41) is 0. The largest absolute Gasteiger partial charge is 0.470 e. The molecule has 0 amide bonds. The molecular formula is C26H19F9O10S4. The second kappa shape index (κ2) is 15.0. The lowest BCUT2D eigenvalue weighted by Crippen LogP contribution is -2.47. The lowest BCUT2D eigenvalue weighted by molar-refractivity contribution is -0.132. The molecule has 0 fully saturated rings. The van der Waals surface area contributed by atoms with Crippen LogP contribution in [0.15, 0.2) is 93.5 Å². The number of esters is 2. The minimum atomic E-state index is -8.02. The van der Waals surface area contributed by atoms with E-state index in [4.69, 9.17) is 9.47 Å². The van der Waals surface area contributed by atoms with Crippen molar-refractivity contribution in [3.8, 4) is 11.5 Å². The van der Waals surface area contributed by atoms with Crippen molar-refractivity contribution in [3.05, 3.63) is 82.8 Å². The number of carbonyl (C=O) groups is 2. The van der Waals surface area contributed by atoms with E-state index in [1.807, 2.05) is 42.5 Å². The highest BCUT2D eigenvalue weighted by molar-refractivity contribution is 8.29. The molecule has 49 heavy (non-hydrogen) atoms. The Morgan fingerprint density at radius 1 is 0.510 bits per heavy atom. The molecule has 3 aromatic rings. The maximum absolute atomic E-state index is 12.0. The molecule has 0 aliphatic heterocycles. The first-order valence-electron chi connectivity index (χ1n) is 12.3. The lowest BCUT2D eigenvalue weighted by Gasteiger charge is -2.31. The van der Waals surface area contributed by atoms with Gasteiger partial charge in [-0.05, 0) is 60.7 Å². The van der Waals surface area contributed by atoms with E-state index in [0.29, 0.717) is 11.5 Å². The monoisotopic (exact) mass is 790 g/mol. The number of rotatable bonds is 8. The number of carbonyl (C=O) groups excluding carboxylic acids is 2. The van der Waals surface area contributed by atoms with Crippen molar-refractivity contribution in [1.29, 1.82) is 0 Å². The van der Waals surface area contributed by atoms with Gasteiger partial charge in [0.25, 0.3) is 0 Å². The highest BCUT2D eigenvalue weighted by atomic mass is 32.3. The van der Waals surface area contributed by atoms with E-state index in [1.165, 1.54) is 13.8 Å². The molecule has 0 heterocycles. The maximum Gasteiger partial charge on any atom is 0.470 e. The summed E-state index contributed by atoms with van der Waals surface area (Å²) in [6, 6.07) is 25.2. The highest BCUT2D eigenvalue weighted by Crippen LogP contribution is 2.47. The van der Waals surface area contributed by atoms with E-state index in [-0.39, 0.29) is 22.8 Å². The molecule has 3 aromatic carbocycles. The van der Waals surface area contributed by atoms with E-state index in [9.17, 15) is 74.4 Å². The van der Waals surface area contributed by atoms with Crippen molar-refractivity contribution in [2.75, 3.05) is 0 Å². The third kappa shape index (κ3) is 9.88. The summed E-state index contributed by atoms with van der Waals surface area (Å²) >= 11 is 0. The van der Waals surface area contributed by atoms with Gasteiger partial charge in [-0.3, -0.25) is 34.8 Å². The molecule has 270 valence electrons. The Bertz CT molecular complexity index is 1800. The molecule has 0 N–H and O–H groups in total. The van der Waals surface area contributed by atoms with Crippen LogP contribution in [0.1, 0.15) is 13.8 Å². The van der Waals surface area contributed by atoms with Crippen molar-refractivity contribution >= 4 is 52.3 Å². The average molecular weight is 791 g/mol. The molecule has 0 saturated carbocycles. The van der Waals surface area contributed by atoms with E-state index >= 15 is 0 Å². The van der Waals surface area contributed by atoms with Crippen LogP contribution in [-0.2, 0) is 50.0 Å². The molecule has 0 aromatic heterocycles. The molecule has 0 atom stereocenters. The van der Waals surface area contributed by atoms with Gasteiger partial charge in [0, 0.05) is 13.8 Å². The van der Waals surface area contributed by atoms with E-state index in [2.05, 4.69) is 12.1 Å². The maximum atomic E-state index is 12.0. The molecule has 0 saturated heterocycles. The van der Waals surface area contributed by atoms with Gasteiger partial charge >= 0.3 is 28.5 Å². The van der Waals surface area contributed by atoms with Crippen LogP contribution >= 0.6 is 0 Å². The van der Waals surface area contributed by atoms with Gasteiger partial charge < -0.3 is 9.47 Å². The summed E-state index contributed by atoms with van der Waals surface area (Å²) in [5.74, 6) is 0.359. The van der Waals surface area contributed by atoms with Gasteiger partial charge in [0.05, 0.1) is 14.8 Å². The molecule has 0 radical (unpaired) electrons. The predicted octanol–water partition coefficient (Wildman–Crippen LogP) is 5.87. The minimum Gasteiger partial charge on any atom is -0.427 e. The van der Waals surface area contributed by atoms with E-state index < -0.39 is 50.0 Å². The molecule has 3 rings (SSSR count). The third-order valence-corrected chi connectivity index (χ3v) is 14.5. The first-order chi connectivity index (χ1) is 22.1. The number of hydrogen-bond acceptors (Lipinski definition) is 10. The Morgan fingerprint density at radius 3 is 1.02 bits per heavy atom. The fraction of sp³-hybridized carbons (Fsp3) is 0.192. The zero-order valence-electron chi connectivity index (χ0n) is 24.1. The summed E-state index contributed by atoms with van der Waals surface area (Å²) in [5.41, 5.74) is -21.2. The van der Waals surface area contributed by atoms with Crippen molar-refractivity contribution in [1.82, 2.24) is 0 Å². The minimum absolute atomic E-state index is 0.338. The third-order valence-electron chi connectivity index (χ3n) is 5.19. The van der Waals surface area contributed by atoms with Crippen LogP contribution in [0.5, 0.6) is 11.5 Å². The average Bonchev–Trinajstić information content (AvgIpc) is 2.93. The van der Waals surface area contributed by atoms with Gasteiger partial charge in [-0.15, -0.1) is 0 Å². The normalized spacial score (nSPS) is 13.0. The van der Waals surface area contributed by atoms with Gasteiger partial charge in [0.2, 0.25) is 0 Å². The number of sulfone groups is 3. The van der Waals surface area contributed by atoms with Gasteiger partial charge in [0.15, 0.2) is 44.2 Å². The van der Waals surface area contributed by atoms with Crippen LogP contribution in [0, 0.1) is 3.91 Å². The SMILES string of the molecule is CC(=O)Oc1ccc([S+](c2ccccc2)c2ccc(OC(C)=O)cc2)cc1.O=S(=O)([C-](S(=O)(=O)C(F)(F)F)S(=O)(=O)C(F)(F)F)C(F)(F)F. The Balaban J connectivity index is 0.000000349. The molecule has 10 nitrogen and oxygen atoms in total. The summed E-state index contributed by atoms with van der Waals surface area (Å²) < 4.78 is 178. The van der Waals surface area contributed by atoms with Crippen LogP contribution in [0.4, 0.5) is 39.5 Å². The number of alkyl halides is 9. The lowest BCUT2D eigenvalue weighted by atomic mass is 10.3. The predicted molar refractivity (Wildman–Crippen MR) is 152 cm³/mol. The molecular weight excluding hydrogens is 772 g/mol. The Labute approximate surface area is 274 Å². The topological polar surface area (TPSA) is 155 Å². The second-order valence-electron chi connectivity index (χ2n) is 8.85. The molecule has 0 aliphatic rings. The van der Waals surface area contributed by atoms with E-state index in [1.54, 1.807) is 24.3 Å². The van der Waals surface area contributed by atoms with Gasteiger partial charge in [0.1, 0.15) is 11.5 Å². The Hall–Kier alpha value is -3.83. The van der Waals surface area contributed by atoms with Crippen molar-refractivity contribution in [2.24, 2.45) is 0 Å². The smallest absolute Gasteiger partial charge is 0.427 e. The fourth-order valence-electron chi connectivity index (χ4n) is 3.30. The summed E-state index contributed by atoms with van der Waals surface area (Å²) in [7, 11) is -24.4. The van der Waals surface area contributed by atoms with Gasteiger partial charge in [-0.1, -0.05) is 18.2 Å². The Kier molecular flexibility index (Phi) is 12.6. The fourth-order valence-corrected chi connectivity index (χ4v) is 11.1. The zero-order valence-corrected chi connectivity index (χ0v) is 27.4. The zero-order chi connectivity index (χ0) is 37.8. The second-order valence-corrected chi connectivity index (χ2v) is 17.3. The summed E-state index contributed by atoms with van der Waals surface area (Å²) in [4.78, 5) is 25.6. The first-order valence-corrected chi connectivity index (χ1v) is 18.0. The standard InChI is InChI=1S/C22H19O4S.C4F9O6S3/c1-16(23)25-18-8-12-21(13-9-18)27(20-6-4-3-5-7-20)22-14-10-19(11-15-22)26-17(2)24;5-2(6,7)20(14,15)1(21(16,17)3(8,9)10)22(18,19)4(11,12)13/h3-15H,1-2H3;/q+1;-1. The summed E-state index contributed by atoms with van der Waals surface area (Å²) in [6.45, 7) is 2.76. The quantitative estimate of drug-likeness (QED) is 0.0890. The van der Waals surface area contributed by atoms with E-state index in [0.717, 1.165) is 14.7 Å². The molecule has 0 unspecified atom stereocenters. The van der Waals surface area contributed by atoms with Crippen molar-refractivity contribution < 1.29 is 83.8 Å². The van der Waals surface area contributed by atoms with Crippen LogP contribution in [0.25, 0.3) is 0 Å². The van der Waals surface area contributed by atoms with Crippen molar-refractivity contribution in [2.45, 2.75) is 45.1 Å². The molecule has 0 spiro atoms. The van der Waals surface area contributed by atoms with Crippen molar-refractivity contribution in [3.63, 3.8) is 0 Å².